The molecule has 0 radical (unpaired) electrons. The van der Waals surface area contributed by atoms with Gasteiger partial charge in [0.25, 0.3) is 0 Å². The Kier molecular flexibility index (Phi) is 3.80. The Morgan fingerprint density at radius 3 is 2.89 bits per heavy atom. The lowest BCUT2D eigenvalue weighted by molar-refractivity contribution is 0.622. The van der Waals surface area contributed by atoms with E-state index in [4.69, 9.17) is 0 Å². The van der Waals surface area contributed by atoms with Gasteiger partial charge in [0.15, 0.2) is 0 Å². The second-order valence-corrected chi connectivity index (χ2v) is 6.55. The van der Waals surface area contributed by atoms with Crippen LogP contribution in [0.25, 0.3) is 0 Å². The van der Waals surface area contributed by atoms with Crippen molar-refractivity contribution in [3.05, 3.63) is 58.3 Å². The highest BCUT2D eigenvalue weighted by molar-refractivity contribution is 9.10. The van der Waals surface area contributed by atoms with E-state index >= 15 is 0 Å². The molecule has 98 valence electrons. The van der Waals surface area contributed by atoms with Gasteiger partial charge in [-0.15, -0.1) is 11.8 Å². The number of hydrogen-bond donors (Lipinski definition) is 1. The average Bonchev–Trinajstić information content (AvgIpc) is 2.42. The van der Waals surface area contributed by atoms with Gasteiger partial charge in [0.05, 0.1) is 11.7 Å². The quantitative estimate of drug-likeness (QED) is 0.804. The van der Waals surface area contributed by atoms with Crippen LogP contribution in [0, 0.1) is 5.82 Å². The summed E-state index contributed by atoms with van der Waals surface area (Å²) in [4.78, 5) is 1.30. The van der Waals surface area contributed by atoms with Crippen LogP contribution in [0.1, 0.15) is 18.0 Å². The predicted octanol–water partition coefficient (Wildman–Crippen LogP) is 5.24. The minimum Gasteiger partial charge on any atom is -0.376 e. The molecular weight excluding hydrogens is 325 g/mol. The molecule has 0 aromatic heterocycles. The number of fused-ring (bicyclic) bond motifs is 1. The van der Waals surface area contributed by atoms with Crippen LogP contribution in [0.3, 0.4) is 0 Å². The minimum atomic E-state index is -0.218. The van der Waals surface area contributed by atoms with Crippen LogP contribution in [0.2, 0.25) is 0 Å². The first kappa shape index (κ1) is 13.0. The van der Waals surface area contributed by atoms with Crippen molar-refractivity contribution in [1.29, 1.82) is 0 Å². The number of halogens is 2. The lowest BCUT2D eigenvalue weighted by Crippen LogP contribution is -2.16. The molecule has 0 spiro atoms. The summed E-state index contributed by atoms with van der Waals surface area (Å²) in [7, 11) is 0. The Morgan fingerprint density at radius 1 is 1.21 bits per heavy atom. The van der Waals surface area contributed by atoms with Gasteiger partial charge in [0.2, 0.25) is 0 Å². The molecule has 3 rings (SSSR count). The molecule has 1 aliphatic heterocycles. The normalized spacial score (nSPS) is 17.9. The van der Waals surface area contributed by atoms with E-state index in [1.54, 1.807) is 6.07 Å². The molecule has 1 N–H and O–H groups in total. The molecule has 1 atom stereocenters. The molecule has 2 aromatic carbocycles. The van der Waals surface area contributed by atoms with Gasteiger partial charge in [-0.2, -0.15) is 0 Å². The van der Waals surface area contributed by atoms with E-state index < -0.39 is 0 Å². The summed E-state index contributed by atoms with van der Waals surface area (Å²) in [5.41, 5.74) is 1.83. The fraction of sp³-hybridized carbons (Fsp3) is 0.200. The van der Waals surface area contributed by atoms with Gasteiger partial charge in [-0.1, -0.05) is 34.1 Å². The van der Waals surface area contributed by atoms with Crippen LogP contribution >= 0.6 is 27.7 Å². The van der Waals surface area contributed by atoms with Crippen molar-refractivity contribution in [3.63, 3.8) is 0 Å². The van der Waals surface area contributed by atoms with Crippen molar-refractivity contribution in [2.45, 2.75) is 17.4 Å². The van der Waals surface area contributed by atoms with Gasteiger partial charge in [0.1, 0.15) is 5.82 Å². The Balaban J connectivity index is 1.88. The molecule has 1 heterocycles. The maximum absolute atomic E-state index is 13.9. The average molecular weight is 338 g/mol. The lowest BCUT2D eigenvalue weighted by Gasteiger charge is -2.27. The highest BCUT2D eigenvalue weighted by Gasteiger charge is 2.20. The van der Waals surface area contributed by atoms with E-state index in [1.807, 2.05) is 23.9 Å². The van der Waals surface area contributed by atoms with Crippen molar-refractivity contribution >= 4 is 33.4 Å². The van der Waals surface area contributed by atoms with Crippen LogP contribution in [0.15, 0.2) is 51.8 Å². The molecule has 1 unspecified atom stereocenters. The molecule has 4 heteroatoms. The number of benzene rings is 2. The topological polar surface area (TPSA) is 12.0 Å². The zero-order valence-corrected chi connectivity index (χ0v) is 12.6. The summed E-state index contributed by atoms with van der Waals surface area (Å²) in [6.45, 7) is 0. The molecule has 0 saturated heterocycles. The van der Waals surface area contributed by atoms with E-state index in [9.17, 15) is 4.39 Å². The summed E-state index contributed by atoms with van der Waals surface area (Å²) >= 11 is 5.14. The SMILES string of the molecule is Fc1cc(Br)ccc1NC1CCSc2ccccc21. The van der Waals surface area contributed by atoms with Gasteiger partial charge in [-0.05, 0) is 36.2 Å². The van der Waals surface area contributed by atoms with Crippen molar-refractivity contribution < 1.29 is 4.39 Å². The molecule has 0 saturated carbocycles. The Morgan fingerprint density at radius 2 is 2.05 bits per heavy atom. The Hall–Kier alpha value is -1.00. The Labute approximate surface area is 124 Å². The van der Waals surface area contributed by atoms with Gasteiger partial charge < -0.3 is 5.32 Å². The van der Waals surface area contributed by atoms with Crippen LogP contribution in [-0.4, -0.2) is 5.75 Å². The van der Waals surface area contributed by atoms with Gasteiger partial charge in [-0.3, -0.25) is 0 Å². The highest BCUT2D eigenvalue weighted by Crippen LogP contribution is 2.38. The summed E-state index contributed by atoms with van der Waals surface area (Å²) < 4.78 is 14.6. The second-order valence-electron chi connectivity index (χ2n) is 4.50. The van der Waals surface area contributed by atoms with Gasteiger partial charge in [-0.25, -0.2) is 4.39 Å². The number of hydrogen-bond acceptors (Lipinski definition) is 2. The number of anilines is 1. The molecule has 1 aliphatic rings. The van der Waals surface area contributed by atoms with Crippen molar-refractivity contribution in [2.24, 2.45) is 0 Å². The molecule has 0 bridgehead atoms. The van der Waals surface area contributed by atoms with Crippen LogP contribution in [0.4, 0.5) is 10.1 Å². The summed E-state index contributed by atoms with van der Waals surface area (Å²) in [6, 6.07) is 13.7. The van der Waals surface area contributed by atoms with Gasteiger partial charge in [0, 0.05) is 15.1 Å². The predicted molar refractivity (Wildman–Crippen MR) is 82.2 cm³/mol. The first-order chi connectivity index (χ1) is 9.24. The van der Waals surface area contributed by atoms with Crippen LogP contribution < -0.4 is 5.32 Å². The third kappa shape index (κ3) is 2.79. The maximum Gasteiger partial charge on any atom is 0.147 e. The van der Waals surface area contributed by atoms with Crippen molar-refractivity contribution in [2.75, 3.05) is 11.1 Å². The molecule has 0 aliphatic carbocycles. The first-order valence-corrected chi connectivity index (χ1v) is 7.95. The first-order valence-electron chi connectivity index (χ1n) is 6.17. The van der Waals surface area contributed by atoms with E-state index in [2.05, 4.69) is 39.4 Å². The largest absolute Gasteiger partial charge is 0.376 e. The highest BCUT2D eigenvalue weighted by atomic mass is 79.9. The van der Waals surface area contributed by atoms with E-state index in [-0.39, 0.29) is 11.9 Å². The zero-order chi connectivity index (χ0) is 13.2. The van der Waals surface area contributed by atoms with Crippen molar-refractivity contribution in [3.8, 4) is 0 Å². The fourth-order valence-electron chi connectivity index (χ4n) is 2.29. The Bertz CT molecular complexity index is 602. The molecular formula is C15H13BrFNS. The monoisotopic (exact) mass is 337 g/mol. The van der Waals surface area contributed by atoms with Crippen molar-refractivity contribution in [1.82, 2.24) is 0 Å². The fourth-order valence-corrected chi connectivity index (χ4v) is 3.74. The second kappa shape index (κ2) is 5.55. The number of nitrogens with one attached hydrogen (secondary N) is 1. The lowest BCUT2D eigenvalue weighted by atomic mass is 10.0. The third-order valence-corrected chi connectivity index (χ3v) is 4.84. The van der Waals surface area contributed by atoms with E-state index in [0.717, 1.165) is 16.6 Å². The standard InChI is InChI=1S/C15H13BrFNS/c16-10-5-6-14(12(17)9-10)18-13-7-8-19-15-4-2-1-3-11(13)15/h1-6,9,13,18H,7-8H2. The van der Waals surface area contributed by atoms with Crippen LogP contribution in [0.5, 0.6) is 0 Å². The number of rotatable bonds is 2. The number of thioether (sulfide) groups is 1. The van der Waals surface area contributed by atoms with Crippen LogP contribution in [-0.2, 0) is 0 Å². The zero-order valence-electron chi connectivity index (χ0n) is 10.2. The minimum absolute atomic E-state index is 0.188. The molecule has 0 amide bonds. The summed E-state index contributed by atoms with van der Waals surface area (Å²) in [5, 5.41) is 3.32. The molecule has 0 fully saturated rings. The van der Waals surface area contributed by atoms with Gasteiger partial charge >= 0.3 is 0 Å². The summed E-state index contributed by atoms with van der Waals surface area (Å²) in [5.74, 6) is 0.845. The van der Waals surface area contributed by atoms with E-state index in [0.29, 0.717) is 5.69 Å². The molecule has 2 aromatic rings. The summed E-state index contributed by atoms with van der Waals surface area (Å²) in [6.07, 6.45) is 1.01. The molecule has 19 heavy (non-hydrogen) atoms. The van der Waals surface area contributed by atoms with E-state index in [1.165, 1.54) is 16.5 Å². The smallest absolute Gasteiger partial charge is 0.147 e. The third-order valence-electron chi connectivity index (χ3n) is 3.22. The molecule has 1 nitrogen and oxygen atoms in total. The maximum atomic E-state index is 13.9.